The van der Waals surface area contributed by atoms with Crippen LogP contribution in [0.3, 0.4) is 0 Å². The van der Waals surface area contributed by atoms with Gasteiger partial charge < -0.3 is 18.9 Å². The molecule has 1 N–H and O–H groups in total. The molecule has 0 rings (SSSR count). The highest BCUT2D eigenvalue weighted by Gasteiger charge is 2.27. The molecular weight excluding hydrogens is 677 g/mol. The lowest BCUT2D eigenvalue weighted by Gasteiger charge is -2.24. The fourth-order valence-corrected chi connectivity index (χ4v) is 6.37. The average Bonchev–Trinajstić information content (AvgIpc) is 3.09. The van der Waals surface area contributed by atoms with Crippen LogP contribution < -0.4 is 0 Å². The minimum absolute atomic E-state index is 0.0311. The average molecular weight is 759 g/mol. The molecule has 0 saturated heterocycles. The number of hydrogen-bond acceptors (Lipinski definition) is 7. The van der Waals surface area contributed by atoms with Gasteiger partial charge in [0.15, 0.2) is 6.10 Å². The predicted octanol–water partition coefficient (Wildman–Crippen LogP) is 11.6. The Hall–Kier alpha value is -1.51. The summed E-state index contributed by atoms with van der Waals surface area (Å²) < 4.78 is 34.2. The zero-order chi connectivity index (χ0) is 38.6. The minimum atomic E-state index is -4.37. The number of carbonyl (C=O) groups is 2. The highest BCUT2D eigenvalue weighted by molar-refractivity contribution is 7.47. The molecule has 0 aromatic heterocycles. The molecule has 306 valence electrons. The highest BCUT2D eigenvalue weighted by Crippen LogP contribution is 2.43. The summed E-state index contributed by atoms with van der Waals surface area (Å²) in [6.07, 6.45) is 36.4. The van der Waals surface area contributed by atoms with E-state index >= 15 is 0 Å². The Morgan fingerprint density at radius 2 is 1.04 bits per heavy atom. The van der Waals surface area contributed by atoms with Gasteiger partial charge in [0.2, 0.25) is 0 Å². The van der Waals surface area contributed by atoms with Crippen molar-refractivity contribution in [1.29, 1.82) is 0 Å². The molecule has 0 amide bonds. The maximum atomic E-state index is 12.6. The first-order chi connectivity index (χ1) is 25.0. The van der Waals surface area contributed by atoms with E-state index in [1.807, 2.05) is 21.1 Å². The van der Waals surface area contributed by atoms with E-state index in [9.17, 15) is 19.0 Å². The second-order valence-corrected chi connectivity index (χ2v) is 16.8. The number of likely N-dealkylation sites (N-methyl/N-ethyl adjacent to an activating group) is 1. The molecule has 0 aliphatic carbocycles. The van der Waals surface area contributed by atoms with Crippen LogP contribution >= 0.6 is 7.82 Å². The third-order valence-electron chi connectivity index (χ3n) is 8.98. The summed E-state index contributed by atoms with van der Waals surface area (Å²) in [5.74, 6) is -0.810. The first kappa shape index (κ1) is 50.5. The van der Waals surface area contributed by atoms with Gasteiger partial charge in [0.25, 0.3) is 0 Å². The van der Waals surface area contributed by atoms with Crippen LogP contribution in [0.2, 0.25) is 0 Å². The first-order valence-electron chi connectivity index (χ1n) is 21.1. The second kappa shape index (κ2) is 35.2. The Morgan fingerprint density at radius 3 is 1.56 bits per heavy atom. The van der Waals surface area contributed by atoms with E-state index in [1.54, 1.807) is 0 Å². The van der Waals surface area contributed by atoms with Crippen molar-refractivity contribution in [1.82, 2.24) is 0 Å². The van der Waals surface area contributed by atoms with Crippen LogP contribution in [0.25, 0.3) is 0 Å². The molecule has 2 unspecified atom stereocenters. The Bertz CT molecular complexity index is 949. The van der Waals surface area contributed by atoms with Crippen molar-refractivity contribution in [3.63, 3.8) is 0 Å². The summed E-state index contributed by atoms with van der Waals surface area (Å²) in [5, 5.41) is 0. The van der Waals surface area contributed by atoms with E-state index in [-0.39, 0.29) is 32.0 Å². The zero-order valence-electron chi connectivity index (χ0n) is 34.3. The maximum absolute atomic E-state index is 12.6. The van der Waals surface area contributed by atoms with Crippen LogP contribution in [0.15, 0.2) is 24.3 Å². The van der Waals surface area contributed by atoms with E-state index < -0.39 is 26.5 Å². The molecule has 0 fully saturated rings. The largest absolute Gasteiger partial charge is 0.472 e. The number of hydrogen-bond donors (Lipinski definition) is 1. The van der Waals surface area contributed by atoms with Crippen molar-refractivity contribution in [2.24, 2.45) is 0 Å². The van der Waals surface area contributed by atoms with Crippen molar-refractivity contribution >= 4 is 19.8 Å². The number of nitrogens with zero attached hydrogens (tertiary/aromatic N) is 1. The van der Waals surface area contributed by atoms with E-state index in [0.29, 0.717) is 17.4 Å². The fourth-order valence-electron chi connectivity index (χ4n) is 5.63. The van der Waals surface area contributed by atoms with Gasteiger partial charge in [0.1, 0.15) is 19.8 Å². The number of allylic oxidation sites excluding steroid dienone is 4. The predicted molar refractivity (Wildman–Crippen MR) is 215 cm³/mol. The van der Waals surface area contributed by atoms with Crippen LogP contribution in [0, 0.1) is 0 Å². The SMILES string of the molecule is CCCCC/C=C\C/C=C\CCCCCCCC(=O)OCC(COP(=O)(O)OCC[N+](C)(C)C)OC(=O)CCCCCCCCCCCCCCC. The number of ether oxygens (including phenoxy) is 2. The molecule has 10 heteroatoms. The number of carbonyl (C=O) groups excluding carboxylic acids is 2. The van der Waals surface area contributed by atoms with Crippen LogP contribution in [-0.4, -0.2) is 74.9 Å². The van der Waals surface area contributed by atoms with E-state index in [4.69, 9.17) is 18.5 Å². The van der Waals surface area contributed by atoms with Crippen LogP contribution in [-0.2, 0) is 32.7 Å². The number of phosphoric acid groups is 1. The summed E-state index contributed by atoms with van der Waals surface area (Å²) in [4.78, 5) is 35.3. The lowest BCUT2D eigenvalue weighted by atomic mass is 10.0. The van der Waals surface area contributed by atoms with Crippen molar-refractivity contribution < 1.29 is 42.1 Å². The van der Waals surface area contributed by atoms with Crippen molar-refractivity contribution in [3.8, 4) is 0 Å². The lowest BCUT2D eigenvalue weighted by Crippen LogP contribution is -2.37. The fraction of sp³-hybridized carbons (Fsp3) is 0.857. The molecule has 2 atom stereocenters. The van der Waals surface area contributed by atoms with Gasteiger partial charge in [-0.1, -0.05) is 147 Å². The summed E-state index contributed by atoms with van der Waals surface area (Å²) in [6, 6.07) is 0. The molecule has 0 aromatic carbocycles. The Labute approximate surface area is 319 Å². The molecule has 0 radical (unpaired) electrons. The molecule has 0 aromatic rings. The second-order valence-electron chi connectivity index (χ2n) is 15.4. The number of unbranched alkanes of at least 4 members (excludes halogenated alkanes) is 20. The minimum Gasteiger partial charge on any atom is -0.462 e. The summed E-state index contributed by atoms with van der Waals surface area (Å²) >= 11 is 0. The van der Waals surface area contributed by atoms with E-state index in [2.05, 4.69) is 38.2 Å². The Morgan fingerprint density at radius 1 is 0.596 bits per heavy atom. The van der Waals surface area contributed by atoms with Gasteiger partial charge in [-0.25, -0.2) is 4.57 Å². The monoisotopic (exact) mass is 759 g/mol. The Balaban J connectivity index is 4.40. The number of esters is 2. The Kier molecular flexibility index (Phi) is 34.2. The van der Waals surface area contributed by atoms with Gasteiger partial charge in [0.05, 0.1) is 27.7 Å². The van der Waals surface area contributed by atoms with Crippen molar-refractivity contribution in [2.45, 2.75) is 187 Å². The number of phosphoric ester groups is 1. The molecule has 0 aliphatic heterocycles. The molecule has 52 heavy (non-hydrogen) atoms. The number of rotatable bonds is 38. The smallest absolute Gasteiger partial charge is 0.462 e. The molecule has 0 aliphatic rings. The van der Waals surface area contributed by atoms with Gasteiger partial charge in [0, 0.05) is 12.8 Å². The third-order valence-corrected chi connectivity index (χ3v) is 9.97. The standard InChI is InChI=1S/C42H80NO8P/c1-6-8-10-12-14-16-18-20-21-23-24-26-28-30-32-34-41(44)48-38-40(39-50-52(46,47)49-37-36-43(3,4)5)51-42(45)35-33-31-29-27-25-22-19-17-15-13-11-9-7-2/h14,16,20-21,40H,6-13,15,17-19,22-39H2,1-5H3/p+1/b16-14-,21-20-. The quantitative estimate of drug-likeness (QED) is 0.0218. The lowest BCUT2D eigenvalue weighted by molar-refractivity contribution is -0.870. The van der Waals surface area contributed by atoms with Gasteiger partial charge in [-0.15, -0.1) is 0 Å². The van der Waals surface area contributed by atoms with E-state index in [0.717, 1.165) is 57.8 Å². The molecular formula is C42H81NO8P+. The summed E-state index contributed by atoms with van der Waals surface area (Å²) in [6.45, 7) is 4.38. The van der Waals surface area contributed by atoms with Crippen LogP contribution in [0.5, 0.6) is 0 Å². The third kappa shape index (κ3) is 38.2. The topological polar surface area (TPSA) is 108 Å². The first-order valence-corrected chi connectivity index (χ1v) is 22.6. The molecule has 0 heterocycles. The van der Waals surface area contributed by atoms with Crippen LogP contribution in [0.1, 0.15) is 181 Å². The number of quaternary nitrogens is 1. The highest BCUT2D eigenvalue weighted by atomic mass is 31.2. The molecule has 9 nitrogen and oxygen atoms in total. The molecule has 0 saturated carbocycles. The molecule has 0 bridgehead atoms. The summed E-state index contributed by atoms with van der Waals surface area (Å²) in [5.41, 5.74) is 0. The van der Waals surface area contributed by atoms with Crippen LogP contribution in [0.4, 0.5) is 0 Å². The van der Waals surface area contributed by atoms with Gasteiger partial charge in [-0.2, -0.15) is 0 Å². The van der Waals surface area contributed by atoms with Gasteiger partial charge >= 0.3 is 19.8 Å². The van der Waals surface area contributed by atoms with E-state index in [1.165, 1.54) is 89.9 Å². The van der Waals surface area contributed by atoms with Crippen molar-refractivity contribution in [3.05, 3.63) is 24.3 Å². The molecule has 0 spiro atoms. The zero-order valence-corrected chi connectivity index (χ0v) is 35.2. The maximum Gasteiger partial charge on any atom is 0.472 e. The summed E-state index contributed by atoms with van der Waals surface area (Å²) in [7, 11) is 1.47. The normalized spacial score (nSPS) is 13.9. The van der Waals surface area contributed by atoms with Gasteiger partial charge in [-0.05, 0) is 44.9 Å². The van der Waals surface area contributed by atoms with Gasteiger partial charge in [-0.3, -0.25) is 18.6 Å². The van der Waals surface area contributed by atoms with Crippen molar-refractivity contribution in [2.75, 3.05) is 47.5 Å².